The maximum absolute atomic E-state index is 13.0. The van der Waals surface area contributed by atoms with E-state index in [2.05, 4.69) is 0 Å². The molecule has 1 spiro atoms. The summed E-state index contributed by atoms with van der Waals surface area (Å²) in [6, 6.07) is 5.70. The number of aryl methyl sites for hydroxylation is 1. The van der Waals surface area contributed by atoms with E-state index in [1.807, 2.05) is 25.1 Å². The molecular weight excluding hydrogens is 302 g/mol. The van der Waals surface area contributed by atoms with Crippen LogP contribution in [0, 0.1) is 6.92 Å². The van der Waals surface area contributed by atoms with Gasteiger partial charge >= 0.3 is 5.97 Å². The molecule has 0 saturated carbocycles. The van der Waals surface area contributed by atoms with Gasteiger partial charge in [0.05, 0.1) is 12.7 Å². The van der Waals surface area contributed by atoms with Crippen LogP contribution in [0.3, 0.4) is 0 Å². The molecule has 1 amide bonds. The molecule has 1 N–H and O–H groups in total. The molecule has 0 unspecified atom stereocenters. The maximum atomic E-state index is 13.0. The monoisotopic (exact) mass is 321 g/mol. The number of aliphatic hydroxyl groups is 1. The van der Waals surface area contributed by atoms with Crippen molar-refractivity contribution < 1.29 is 19.4 Å². The van der Waals surface area contributed by atoms with Crippen LogP contribution >= 0.6 is 11.8 Å². The lowest BCUT2D eigenvalue weighted by Crippen LogP contribution is -2.53. The zero-order valence-electron chi connectivity index (χ0n) is 12.8. The number of aliphatic hydroxyl groups excluding tert-OH is 1. The minimum absolute atomic E-state index is 0.233. The van der Waals surface area contributed by atoms with Gasteiger partial charge in [-0.15, -0.1) is 11.8 Å². The Morgan fingerprint density at radius 1 is 1.55 bits per heavy atom. The lowest BCUT2D eigenvalue weighted by molar-refractivity contribution is -0.147. The number of thioether (sulfide) groups is 1. The molecule has 0 bridgehead atoms. The third kappa shape index (κ3) is 1.83. The second kappa shape index (κ2) is 5.28. The van der Waals surface area contributed by atoms with Crippen LogP contribution in [0.4, 0.5) is 5.69 Å². The quantitative estimate of drug-likeness (QED) is 0.831. The summed E-state index contributed by atoms with van der Waals surface area (Å²) < 4.78 is 5.15. The molecule has 0 aromatic heterocycles. The van der Waals surface area contributed by atoms with Crippen LogP contribution in [-0.2, 0) is 19.7 Å². The number of esters is 1. The highest BCUT2D eigenvalue weighted by Crippen LogP contribution is 2.54. The SMILES string of the molecule is CCOC(=O)[C@H]1SC[C@H](O)[C@]12C(=O)N(C)c1ccc(C)cc12. The molecule has 1 saturated heterocycles. The summed E-state index contributed by atoms with van der Waals surface area (Å²) in [7, 11) is 1.68. The fraction of sp³-hybridized carbons (Fsp3) is 0.500. The number of nitrogens with zero attached hydrogens (tertiary/aromatic N) is 1. The lowest BCUT2D eigenvalue weighted by Gasteiger charge is -2.30. The predicted molar refractivity (Wildman–Crippen MR) is 85.2 cm³/mol. The number of hydrogen-bond acceptors (Lipinski definition) is 5. The van der Waals surface area contributed by atoms with Gasteiger partial charge in [0, 0.05) is 18.5 Å². The first-order valence-corrected chi connectivity index (χ1v) is 8.35. The molecule has 5 nitrogen and oxygen atoms in total. The first-order chi connectivity index (χ1) is 10.4. The van der Waals surface area contributed by atoms with E-state index in [0.717, 1.165) is 16.8 Å². The van der Waals surface area contributed by atoms with Crippen molar-refractivity contribution in [2.24, 2.45) is 0 Å². The van der Waals surface area contributed by atoms with Crippen LogP contribution in [0.15, 0.2) is 18.2 Å². The summed E-state index contributed by atoms with van der Waals surface area (Å²) in [5.41, 5.74) is 1.25. The number of benzene rings is 1. The first-order valence-electron chi connectivity index (χ1n) is 7.30. The van der Waals surface area contributed by atoms with Crippen molar-refractivity contribution >= 4 is 29.3 Å². The number of ether oxygens (including phenoxy) is 1. The molecule has 0 radical (unpaired) electrons. The highest BCUT2D eigenvalue weighted by atomic mass is 32.2. The standard InChI is InChI=1S/C16H19NO4S/c1-4-21-14(19)13-16(12(18)8-22-13)10-7-9(2)5-6-11(10)17(3)15(16)20/h5-7,12-13,18H,4,8H2,1-3H3/t12-,13+,16-/m0/s1. The van der Waals surface area contributed by atoms with E-state index in [1.54, 1.807) is 14.0 Å². The number of hydrogen-bond donors (Lipinski definition) is 1. The van der Waals surface area contributed by atoms with E-state index in [4.69, 9.17) is 4.74 Å². The Bertz CT molecular complexity index is 647. The molecular formula is C16H19NO4S. The normalized spacial score (nSPS) is 30.0. The Morgan fingerprint density at radius 3 is 2.95 bits per heavy atom. The van der Waals surface area contributed by atoms with Gasteiger partial charge in [0.25, 0.3) is 0 Å². The van der Waals surface area contributed by atoms with Crippen LogP contribution < -0.4 is 4.90 Å². The second-order valence-electron chi connectivity index (χ2n) is 5.74. The highest BCUT2D eigenvalue weighted by molar-refractivity contribution is 8.01. The number of carbonyl (C=O) groups excluding carboxylic acids is 2. The average molecular weight is 321 g/mol. The van der Waals surface area contributed by atoms with Gasteiger partial charge in [-0.3, -0.25) is 9.59 Å². The first kappa shape index (κ1) is 15.4. The van der Waals surface area contributed by atoms with Crippen LogP contribution in [-0.4, -0.2) is 47.7 Å². The van der Waals surface area contributed by atoms with Crippen molar-refractivity contribution in [3.05, 3.63) is 29.3 Å². The van der Waals surface area contributed by atoms with Gasteiger partial charge < -0.3 is 14.7 Å². The third-order valence-electron chi connectivity index (χ3n) is 4.48. The van der Waals surface area contributed by atoms with Crippen molar-refractivity contribution in [3.8, 4) is 0 Å². The highest BCUT2D eigenvalue weighted by Gasteiger charge is 2.65. The number of likely N-dealkylation sites (N-methyl/N-ethyl adjacent to an activating group) is 1. The largest absolute Gasteiger partial charge is 0.465 e. The molecule has 3 rings (SSSR count). The zero-order chi connectivity index (χ0) is 16.1. The molecule has 2 heterocycles. The van der Waals surface area contributed by atoms with Crippen LogP contribution in [0.25, 0.3) is 0 Å². The maximum Gasteiger partial charge on any atom is 0.320 e. The van der Waals surface area contributed by atoms with Gasteiger partial charge in [0.15, 0.2) is 0 Å². The average Bonchev–Trinajstić information content (AvgIpc) is 2.93. The summed E-state index contributed by atoms with van der Waals surface area (Å²) in [6.45, 7) is 3.93. The molecule has 1 aromatic rings. The number of amides is 1. The van der Waals surface area contributed by atoms with Crippen molar-refractivity contribution in [2.75, 3.05) is 24.3 Å². The van der Waals surface area contributed by atoms with Crippen molar-refractivity contribution in [1.82, 2.24) is 0 Å². The van der Waals surface area contributed by atoms with Gasteiger partial charge in [0.2, 0.25) is 5.91 Å². The summed E-state index contributed by atoms with van der Waals surface area (Å²) in [4.78, 5) is 26.9. The minimum atomic E-state index is -1.23. The van der Waals surface area contributed by atoms with Crippen molar-refractivity contribution in [2.45, 2.75) is 30.6 Å². The van der Waals surface area contributed by atoms with Gasteiger partial charge in [-0.25, -0.2) is 0 Å². The fourth-order valence-electron chi connectivity index (χ4n) is 3.45. The Balaban J connectivity index is 2.20. The Hall–Kier alpha value is -1.53. The Labute approximate surface area is 133 Å². The fourth-order valence-corrected chi connectivity index (χ4v) is 4.94. The molecule has 1 aromatic carbocycles. The lowest BCUT2D eigenvalue weighted by atomic mass is 9.74. The molecule has 0 aliphatic carbocycles. The van der Waals surface area contributed by atoms with Crippen LogP contribution in [0.2, 0.25) is 0 Å². The Morgan fingerprint density at radius 2 is 2.27 bits per heavy atom. The summed E-state index contributed by atoms with van der Waals surface area (Å²) in [5.74, 6) is -0.319. The second-order valence-corrected chi connectivity index (χ2v) is 6.87. The number of rotatable bonds is 2. The number of fused-ring (bicyclic) bond motifs is 2. The molecule has 22 heavy (non-hydrogen) atoms. The molecule has 3 atom stereocenters. The zero-order valence-corrected chi connectivity index (χ0v) is 13.6. The van der Waals surface area contributed by atoms with Gasteiger partial charge in [-0.1, -0.05) is 17.7 Å². The third-order valence-corrected chi connectivity index (χ3v) is 5.88. The van der Waals surface area contributed by atoms with Gasteiger partial charge in [0.1, 0.15) is 10.7 Å². The number of carbonyl (C=O) groups is 2. The molecule has 2 aliphatic heterocycles. The van der Waals surface area contributed by atoms with Crippen LogP contribution in [0.1, 0.15) is 18.1 Å². The Kier molecular flexibility index (Phi) is 3.69. The van der Waals surface area contributed by atoms with E-state index < -0.39 is 22.7 Å². The molecule has 1 fully saturated rings. The van der Waals surface area contributed by atoms with E-state index in [1.165, 1.54) is 16.7 Å². The summed E-state index contributed by atoms with van der Waals surface area (Å²) >= 11 is 1.30. The topological polar surface area (TPSA) is 66.8 Å². The van der Waals surface area contributed by atoms with Crippen molar-refractivity contribution in [3.63, 3.8) is 0 Å². The van der Waals surface area contributed by atoms with E-state index in [0.29, 0.717) is 5.75 Å². The number of anilines is 1. The summed E-state index contributed by atoms with van der Waals surface area (Å²) in [6.07, 6.45) is -0.898. The van der Waals surface area contributed by atoms with E-state index in [-0.39, 0.29) is 12.5 Å². The minimum Gasteiger partial charge on any atom is -0.465 e. The van der Waals surface area contributed by atoms with Gasteiger partial charge in [-0.05, 0) is 25.5 Å². The van der Waals surface area contributed by atoms with Crippen LogP contribution in [0.5, 0.6) is 0 Å². The predicted octanol–water partition coefficient (Wildman–Crippen LogP) is 1.25. The van der Waals surface area contributed by atoms with E-state index in [9.17, 15) is 14.7 Å². The smallest absolute Gasteiger partial charge is 0.320 e. The van der Waals surface area contributed by atoms with E-state index >= 15 is 0 Å². The summed E-state index contributed by atoms with van der Waals surface area (Å²) in [5, 5.41) is 9.91. The van der Waals surface area contributed by atoms with Gasteiger partial charge in [-0.2, -0.15) is 0 Å². The van der Waals surface area contributed by atoms with Crippen molar-refractivity contribution in [1.29, 1.82) is 0 Å². The molecule has 2 aliphatic rings. The molecule has 118 valence electrons. The molecule has 6 heteroatoms.